The van der Waals surface area contributed by atoms with Gasteiger partial charge in [0.15, 0.2) is 5.60 Å². The summed E-state index contributed by atoms with van der Waals surface area (Å²) in [5.74, 6) is -1.39. The minimum absolute atomic E-state index is 0.314. The highest BCUT2D eigenvalue weighted by Gasteiger charge is 2.30. The first-order valence-electron chi connectivity index (χ1n) is 5.53. The first-order chi connectivity index (χ1) is 8.81. The van der Waals surface area contributed by atoms with Crippen LogP contribution in [0.5, 0.6) is 0 Å². The van der Waals surface area contributed by atoms with Gasteiger partial charge in [-0.05, 0) is 24.6 Å². The lowest BCUT2D eigenvalue weighted by atomic mass is 10.1. The molecule has 0 saturated carbocycles. The SMILES string of the molecule is CC(O)(CNC(=O)NCc1ccc(Br)cc1)C(=O)O. The molecule has 19 heavy (non-hydrogen) atoms. The predicted molar refractivity (Wildman–Crippen MR) is 72.6 cm³/mol. The molecule has 6 nitrogen and oxygen atoms in total. The van der Waals surface area contributed by atoms with Crippen LogP contribution in [0, 0.1) is 0 Å². The van der Waals surface area contributed by atoms with Crippen molar-refractivity contribution in [1.82, 2.24) is 10.6 Å². The maximum Gasteiger partial charge on any atom is 0.337 e. The number of carboxylic acids is 1. The third-order valence-corrected chi connectivity index (χ3v) is 2.95. The second-order valence-corrected chi connectivity index (χ2v) is 5.16. The van der Waals surface area contributed by atoms with E-state index >= 15 is 0 Å². The van der Waals surface area contributed by atoms with E-state index in [-0.39, 0.29) is 6.54 Å². The number of carboxylic acid groups (broad SMARTS) is 1. The van der Waals surface area contributed by atoms with Crippen LogP contribution in [0.2, 0.25) is 0 Å². The number of rotatable bonds is 5. The minimum Gasteiger partial charge on any atom is -0.479 e. The summed E-state index contributed by atoms with van der Waals surface area (Å²) in [6.45, 7) is 1.06. The van der Waals surface area contributed by atoms with E-state index in [0.717, 1.165) is 17.0 Å². The van der Waals surface area contributed by atoms with Crippen molar-refractivity contribution in [3.05, 3.63) is 34.3 Å². The average Bonchev–Trinajstić information content (AvgIpc) is 2.35. The lowest BCUT2D eigenvalue weighted by Crippen LogP contribution is -2.48. The Morgan fingerprint density at radius 2 is 1.84 bits per heavy atom. The van der Waals surface area contributed by atoms with Crippen LogP contribution in [0.1, 0.15) is 12.5 Å². The Morgan fingerprint density at radius 3 is 2.37 bits per heavy atom. The normalized spacial score (nSPS) is 13.4. The molecule has 0 aliphatic rings. The third-order valence-electron chi connectivity index (χ3n) is 2.42. The van der Waals surface area contributed by atoms with Crippen molar-refractivity contribution in [2.75, 3.05) is 6.54 Å². The van der Waals surface area contributed by atoms with Crippen LogP contribution in [-0.2, 0) is 11.3 Å². The fraction of sp³-hybridized carbons (Fsp3) is 0.333. The number of aliphatic carboxylic acids is 1. The van der Waals surface area contributed by atoms with E-state index in [4.69, 9.17) is 5.11 Å². The van der Waals surface area contributed by atoms with Gasteiger partial charge in [-0.1, -0.05) is 28.1 Å². The highest BCUT2D eigenvalue weighted by Crippen LogP contribution is 2.10. The second-order valence-electron chi connectivity index (χ2n) is 4.24. The van der Waals surface area contributed by atoms with Crippen molar-refractivity contribution in [2.45, 2.75) is 19.1 Å². The number of hydrogen-bond acceptors (Lipinski definition) is 3. The number of hydrogen-bond donors (Lipinski definition) is 4. The fourth-order valence-electron chi connectivity index (χ4n) is 1.18. The molecule has 7 heteroatoms. The zero-order chi connectivity index (χ0) is 14.5. The van der Waals surface area contributed by atoms with Gasteiger partial charge in [-0.15, -0.1) is 0 Å². The minimum atomic E-state index is -1.98. The molecular formula is C12H15BrN2O4. The first-order valence-corrected chi connectivity index (χ1v) is 6.32. The van der Waals surface area contributed by atoms with Crippen LogP contribution in [-0.4, -0.2) is 34.4 Å². The number of aliphatic hydroxyl groups is 1. The summed E-state index contributed by atoms with van der Waals surface area (Å²) < 4.78 is 0.943. The smallest absolute Gasteiger partial charge is 0.337 e. The van der Waals surface area contributed by atoms with Crippen LogP contribution < -0.4 is 10.6 Å². The molecule has 1 aromatic carbocycles. The monoisotopic (exact) mass is 330 g/mol. The highest BCUT2D eigenvalue weighted by molar-refractivity contribution is 9.10. The van der Waals surface area contributed by atoms with E-state index in [1.54, 1.807) is 0 Å². The molecule has 4 N–H and O–H groups in total. The Bertz CT molecular complexity index is 459. The number of halogens is 1. The summed E-state index contributed by atoms with van der Waals surface area (Å²) in [6, 6.07) is 6.86. The average molecular weight is 331 g/mol. The van der Waals surface area contributed by atoms with Gasteiger partial charge in [0.1, 0.15) is 0 Å². The summed E-state index contributed by atoms with van der Waals surface area (Å²) in [5, 5.41) is 22.9. The van der Waals surface area contributed by atoms with Gasteiger partial charge >= 0.3 is 12.0 Å². The molecule has 0 spiro atoms. The van der Waals surface area contributed by atoms with Crippen LogP contribution in [0.4, 0.5) is 4.79 Å². The standard InChI is InChI=1S/C12H15BrN2O4/c1-12(19,10(16)17)7-15-11(18)14-6-8-2-4-9(13)5-3-8/h2-5,19H,6-7H2,1H3,(H,16,17)(H2,14,15,18). The molecule has 0 bridgehead atoms. The summed E-state index contributed by atoms with van der Waals surface area (Å²) in [7, 11) is 0. The van der Waals surface area contributed by atoms with Gasteiger partial charge < -0.3 is 20.8 Å². The third kappa shape index (κ3) is 5.27. The van der Waals surface area contributed by atoms with Gasteiger partial charge in [0, 0.05) is 11.0 Å². The topological polar surface area (TPSA) is 98.7 Å². The van der Waals surface area contributed by atoms with E-state index in [0.29, 0.717) is 6.54 Å². The van der Waals surface area contributed by atoms with Crippen LogP contribution in [0.3, 0.4) is 0 Å². The van der Waals surface area contributed by atoms with Crippen LogP contribution in [0.25, 0.3) is 0 Å². The Hall–Kier alpha value is -1.60. The zero-order valence-corrected chi connectivity index (χ0v) is 11.9. The molecule has 0 aromatic heterocycles. The molecule has 0 aliphatic heterocycles. The van der Waals surface area contributed by atoms with Crippen molar-refractivity contribution < 1.29 is 19.8 Å². The molecular weight excluding hydrogens is 316 g/mol. The van der Waals surface area contributed by atoms with Gasteiger partial charge in [-0.3, -0.25) is 0 Å². The predicted octanol–water partition coefficient (Wildman–Crippen LogP) is 1.08. The molecule has 104 valence electrons. The Kier molecular flexibility index (Phi) is 5.31. The quantitative estimate of drug-likeness (QED) is 0.649. The summed E-state index contributed by atoms with van der Waals surface area (Å²) in [4.78, 5) is 22.0. The van der Waals surface area contributed by atoms with E-state index < -0.39 is 17.6 Å². The molecule has 1 unspecified atom stereocenters. The zero-order valence-electron chi connectivity index (χ0n) is 10.3. The molecule has 1 atom stereocenters. The van der Waals surface area contributed by atoms with Gasteiger partial charge in [-0.25, -0.2) is 9.59 Å². The number of urea groups is 1. The highest BCUT2D eigenvalue weighted by atomic mass is 79.9. The van der Waals surface area contributed by atoms with Crippen molar-refractivity contribution in [1.29, 1.82) is 0 Å². The summed E-state index contributed by atoms with van der Waals surface area (Å²) in [5.41, 5.74) is -1.07. The van der Waals surface area contributed by atoms with Crippen molar-refractivity contribution in [3.8, 4) is 0 Å². The fourth-order valence-corrected chi connectivity index (χ4v) is 1.44. The van der Waals surface area contributed by atoms with E-state index in [1.807, 2.05) is 24.3 Å². The van der Waals surface area contributed by atoms with Gasteiger partial charge in [0.05, 0.1) is 6.54 Å². The van der Waals surface area contributed by atoms with Crippen molar-refractivity contribution in [3.63, 3.8) is 0 Å². The number of nitrogens with one attached hydrogen (secondary N) is 2. The van der Waals surface area contributed by atoms with E-state index in [2.05, 4.69) is 26.6 Å². The van der Waals surface area contributed by atoms with Crippen LogP contribution >= 0.6 is 15.9 Å². The lowest BCUT2D eigenvalue weighted by Gasteiger charge is -2.18. The maximum atomic E-state index is 11.4. The number of carbonyl (C=O) groups excluding carboxylic acids is 1. The molecule has 0 heterocycles. The number of amides is 2. The largest absolute Gasteiger partial charge is 0.479 e. The maximum absolute atomic E-state index is 11.4. The molecule has 0 saturated heterocycles. The molecule has 2 amide bonds. The molecule has 0 radical (unpaired) electrons. The van der Waals surface area contributed by atoms with Crippen LogP contribution in [0.15, 0.2) is 28.7 Å². The Labute approximate surface area is 118 Å². The summed E-state index contributed by atoms with van der Waals surface area (Å²) >= 11 is 3.30. The Morgan fingerprint density at radius 1 is 1.26 bits per heavy atom. The number of carbonyl (C=O) groups is 2. The first kappa shape index (κ1) is 15.5. The van der Waals surface area contributed by atoms with Gasteiger partial charge in [-0.2, -0.15) is 0 Å². The second kappa shape index (κ2) is 6.53. The summed E-state index contributed by atoms with van der Waals surface area (Å²) in [6.07, 6.45) is 0. The van der Waals surface area contributed by atoms with Crippen molar-refractivity contribution in [2.24, 2.45) is 0 Å². The van der Waals surface area contributed by atoms with Crippen molar-refractivity contribution >= 4 is 27.9 Å². The lowest BCUT2D eigenvalue weighted by molar-refractivity contribution is -0.155. The Balaban J connectivity index is 2.36. The van der Waals surface area contributed by atoms with E-state index in [9.17, 15) is 14.7 Å². The molecule has 0 fully saturated rings. The molecule has 1 rings (SSSR count). The van der Waals surface area contributed by atoms with E-state index in [1.165, 1.54) is 0 Å². The molecule has 1 aromatic rings. The van der Waals surface area contributed by atoms with Gasteiger partial charge in [0.2, 0.25) is 0 Å². The number of benzene rings is 1. The molecule has 0 aliphatic carbocycles. The van der Waals surface area contributed by atoms with Gasteiger partial charge in [0.25, 0.3) is 0 Å².